The summed E-state index contributed by atoms with van der Waals surface area (Å²) in [6.45, 7) is 0. The van der Waals surface area contributed by atoms with Gasteiger partial charge in [-0.15, -0.1) is 12.4 Å². The van der Waals surface area contributed by atoms with Gasteiger partial charge in [0.2, 0.25) is 0 Å². The number of ether oxygens (including phenoxy) is 2. The molecule has 4 rings (SSSR count). The third-order valence-electron chi connectivity index (χ3n) is 4.77. The Balaban J connectivity index is 0.00000256. The highest BCUT2D eigenvalue weighted by atomic mass is 35.5. The number of nitro groups is 1. The number of rotatable bonds is 5. The molecule has 0 radical (unpaired) electrons. The van der Waals surface area contributed by atoms with Crippen LogP contribution in [0.2, 0.25) is 0 Å². The Kier molecular flexibility index (Phi) is 6.18. The maximum atomic E-state index is 11.3. The van der Waals surface area contributed by atoms with Crippen molar-refractivity contribution in [2.75, 3.05) is 14.2 Å². The zero-order valence-electron chi connectivity index (χ0n) is 16.4. The van der Waals surface area contributed by atoms with E-state index >= 15 is 0 Å². The normalized spacial score (nSPS) is 10.3. The molecular formula is C23H19ClN2O4. The molecule has 152 valence electrons. The third kappa shape index (κ3) is 3.90. The summed E-state index contributed by atoms with van der Waals surface area (Å²) in [5.74, 6) is 1.24. The second-order valence-electron chi connectivity index (χ2n) is 6.45. The highest BCUT2D eigenvalue weighted by Crippen LogP contribution is 2.36. The number of nitrogens with zero attached hydrogens (tertiary/aromatic N) is 2. The Morgan fingerprint density at radius 1 is 0.833 bits per heavy atom. The van der Waals surface area contributed by atoms with Crippen LogP contribution in [0.3, 0.4) is 0 Å². The van der Waals surface area contributed by atoms with Gasteiger partial charge in [0.05, 0.1) is 30.4 Å². The van der Waals surface area contributed by atoms with E-state index < -0.39 is 4.92 Å². The summed E-state index contributed by atoms with van der Waals surface area (Å²) in [5.41, 5.74) is 4.16. The maximum Gasteiger partial charge on any atom is 0.270 e. The van der Waals surface area contributed by atoms with E-state index in [1.807, 2.05) is 54.6 Å². The molecule has 0 unspecified atom stereocenters. The van der Waals surface area contributed by atoms with Crippen molar-refractivity contribution < 1.29 is 14.4 Å². The number of hydrogen-bond acceptors (Lipinski definition) is 5. The average Bonchev–Trinajstić information content (AvgIpc) is 2.77. The van der Waals surface area contributed by atoms with Crippen molar-refractivity contribution in [1.82, 2.24) is 4.98 Å². The minimum atomic E-state index is -0.392. The molecule has 6 nitrogen and oxygen atoms in total. The van der Waals surface area contributed by atoms with Gasteiger partial charge in [0.1, 0.15) is 0 Å². The molecule has 0 aliphatic heterocycles. The predicted molar refractivity (Wildman–Crippen MR) is 120 cm³/mol. The summed E-state index contributed by atoms with van der Waals surface area (Å²) in [6, 6.07) is 22.1. The first-order valence-corrected chi connectivity index (χ1v) is 8.97. The Hall–Kier alpha value is -3.64. The highest BCUT2D eigenvalue weighted by molar-refractivity contribution is 5.98. The van der Waals surface area contributed by atoms with Crippen LogP contribution in [0.1, 0.15) is 0 Å². The minimum absolute atomic E-state index is 0. The van der Waals surface area contributed by atoms with Crippen molar-refractivity contribution in [2.24, 2.45) is 0 Å². The quantitative estimate of drug-likeness (QED) is 0.295. The average molecular weight is 423 g/mol. The lowest BCUT2D eigenvalue weighted by Crippen LogP contribution is -1.94. The van der Waals surface area contributed by atoms with Crippen LogP contribution in [0.5, 0.6) is 11.5 Å². The molecule has 4 aromatic rings. The number of methoxy groups -OCH3 is 2. The Bertz CT molecular complexity index is 1210. The van der Waals surface area contributed by atoms with Crippen LogP contribution in [-0.4, -0.2) is 24.1 Å². The summed E-state index contributed by atoms with van der Waals surface area (Å²) in [7, 11) is 3.18. The molecule has 1 aromatic heterocycles. The van der Waals surface area contributed by atoms with E-state index in [1.54, 1.807) is 26.4 Å². The van der Waals surface area contributed by atoms with Crippen molar-refractivity contribution in [3.63, 3.8) is 0 Å². The molecule has 0 atom stereocenters. The number of aromatic nitrogens is 1. The second-order valence-corrected chi connectivity index (χ2v) is 6.45. The summed E-state index contributed by atoms with van der Waals surface area (Å²) in [5, 5.41) is 12.0. The highest BCUT2D eigenvalue weighted by Gasteiger charge is 2.15. The number of benzene rings is 3. The Labute approximate surface area is 179 Å². The van der Waals surface area contributed by atoms with E-state index in [4.69, 9.17) is 14.5 Å². The number of pyridine rings is 1. The molecular weight excluding hydrogens is 404 g/mol. The van der Waals surface area contributed by atoms with Crippen LogP contribution in [0.15, 0.2) is 72.8 Å². The molecule has 0 spiro atoms. The standard InChI is InChI=1S/C23H18N2O4.ClH/c1-28-22-11-8-16(12-23(22)29-2)21-14-18(15-6-4-3-5-7-15)19-13-17(25(26)27)9-10-20(19)24-21;/h3-14H,1-2H3;1H. The van der Waals surface area contributed by atoms with Crippen molar-refractivity contribution in [3.8, 4) is 33.9 Å². The van der Waals surface area contributed by atoms with E-state index in [-0.39, 0.29) is 18.1 Å². The Morgan fingerprint density at radius 3 is 2.23 bits per heavy atom. The zero-order valence-corrected chi connectivity index (χ0v) is 17.2. The number of halogens is 1. The summed E-state index contributed by atoms with van der Waals surface area (Å²) in [6.07, 6.45) is 0. The fourth-order valence-electron chi connectivity index (χ4n) is 3.33. The SMILES string of the molecule is COc1ccc(-c2cc(-c3ccccc3)c3cc([N+](=O)[O-])ccc3n2)cc1OC.Cl. The fraction of sp³-hybridized carbons (Fsp3) is 0.0870. The van der Waals surface area contributed by atoms with Gasteiger partial charge in [-0.1, -0.05) is 30.3 Å². The molecule has 0 saturated carbocycles. The smallest absolute Gasteiger partial charge is 0.270 e. The second kappa shape index (κ2) is 8.80. The number of nitro benzene ring substituents is 1. The molecule has 0 saturated heterocycles. The first-order valence-electron chi connectivity index (χ1n) is 8.97. The van der Waals surface area contributed by atoms with Crippen molar-refractivity contribution in [1.29, 1.82) is 0 Å². The number of hydrogen-bond donors (Lipinski definition) is 0. The lowest BCUT2D eigenvalue weighted by molar-refractivity contribution is -0.384. The van der Waals surface area contributed by atoms with E-state index in [2.05, 4.69) is 0 Å². The molecule has 30 heavy (non-hydrogen) atoms. The van der Waals surface area contributed by atoms with Crippen molar-refractivity contribution in [2.45, 2.75) is 0 Å². The largest absolute Gasteiger partial charge is 0.493 e. The molecule has 3 aromatic carbocycles. The number of non-ortho nitro benzene ring substituents is 1. The summed E-state index contributed by atoms with van der Waals surface area (Å²) in [4.78, 5) is 15.6. The van der Waals surface area contributed by atoms with Crippen LogP contribution in [-0.2, 0) is 0 Å². The van der Waals surface area contributed by atoms with Gasteiger partial charge in [0.25, 0.3) is 5.69 Å². The molecule has 0 fully saturated rings. The molecule has 1 heterocycles. The van der Waals surface area contributed by atoms with Crippen molar-refractivity contribution in [3.05, 3.63) is 82.9 Å². The van der Waals surface area contributed by atoms with E-state index in [0.29, 0.717) is 17.0 Å². The van der Waals surface area contributed by atoms with Crippen LogP contribution in [0, 0.1) is 10.1 Å². The van der Waals surface area contributed by atoms with Crippen LogP contribution < -0.4 is 9.47 Å². The molecule has 0 aliphatic carbocycles. The zero-order chi connectivity index (χ0) is 20.4. The van der Waals surface area contributed by atoms with Gasteiger partial charge in [0, 0.05) is 23.1 Å². The third-order valence-corrected chi connectivity index (χ3v) is 4.77. The molecule has 0 N–H and O–H groups in total. The van der Waals surface area contributed by atoms with Crippen LogP contribution in [0.25, 0.3) is 33.3 Å². The Morgan fingerprint density at radius 2 is 1.57 bits per heavy atom. The van der Waals surface area contributed by atoms with Crippen LogP contribution in [0.4, 0.5) is 5.69 Å². The van der Waals surface area contributed by atoms with Gasteiger partial charge in [-0.25, -0.2) is 4.98 Å². The van der Waals surface area contributed by atoms with Gasteiger partial charge in [-0.2, -0.15) is 0 Å². The maximum absolute atomic E-state index is 11.3. The van der Waals surface area contributed by atoms with Gasteiger partial charge < -0.3 is 9.47 Å². The molecule has 0 amide bonds. The molecule has 0 bridgehead atoms. The van der Waals surface area contributed by atoms with E-state index in [1.165, 1.54) is 6.07 Å². The monoisotopic (exact) mass is 422 g/mol. The predicted octanol–water partition coefficient (Wildman–Crippen LogP) is 5.92. The van der Waals surface area contributed by atoms with Gasteiger partial charge >= 0.3 is 0 Å². The van der Waals surface area contributed by atoms with Gasteiger partial charge in [-0.3, -0.25) is 10.1 Å². The van der Waals surface area contributed by atoms with Gasteiger partial charge in [-0.05, 0) is 41.5 Å². The van der Waals surface area contributed by atoms with Gasteiger partial charge in [0.15, 0.2) is 11.5 Å². The fourth-order valence-corrected chi connectivity index (χ4v) is 3.33. The minimum Gasteiger partial charge on any atom is -0.493 e. The van der Waals surface area contributed by atoms with Crippen molar-refractivity contribution >= 4 is 29.0 Å². The van der Waals surface area contributed by atoms with Crippen LogP contribution >= 0.6 is 12.4 Å². The topological polar surface area (TPSA) is 74.5 Å². The first kappa shape index (κ1) is 21.1. The lowest BCUT2D eigenvalue weighted by Gasteiger charge is -2.12. The van der Waals surface area contributed by atoms with E-state index in [0.717, 1.165) is 27.8 Å². The van der Waals surface area contributed by atoms with E-state index in [9.17, 15) is 10.1 Å². The molecule has 0 aliphatic rings. The first-order chi connectivity index (χ1) is 14.1. The summed E-state index contributed by atoms with van der Waals surface area (Å²) < 4.78 is 10.7. The summed E-state index contributed by atoms with van der Waals surface area (Å²) >= 11 is 0. The molecule has 7 heteroatoms. The number of fused-ring (bicyclic) bond motifs is 1. The lowest BCUT2D eigenvalue weighted by atomic mass is 9.98.